The van der Waals surface area contributed by atoms with E-state index in [-0.39, 0.29) is 0 Å². The molecule has 62 heavy (non-hydrogen) atoms. The second kappa shape index (κ2) is 15.7. The molecule has 0 aliphatic carbocycles. The predicted molar refractivity (Wildman–Crippen MR) is 270 cm³/mol. The lowest BCUT2D eigenvalue weighted by Gasteiger charge is -2.19. The monoisotopic (exact) mass is 788 g/mol. The van der Waals surface area contributed by atoms with Crippen molar-refractivity contribution in [2.75, 3.05) is 0 Å². The van der Waals surface area contributed by atoms with E-state index < -0.39 is 0 Å². The molecule has 0 amide bonds. The van der Waals surface area contributed by atoms with Gasteiger partial charge in [0.1, 0.15) is 0 Å². The molecule has 0 spiro atoms. The van der Waals surface area contributed by atoms with Crippen LogP contribution in [0, 0.1) is 0 Å². The Labute approximate surface area is 363 Å². The summed E-state index contributed by atoms with van der Waals surface area (Å²) in [6.45, 7) is 4.00. The molecule has 0 saturated carbocycles. The maximum Gasteiger partial charge on any atom is -0.00262 e. The van der Waals surface area contributed by atoms with Crippen molar-refractivity contribution < 1.29 is 0 Å². The van der Waals surface area contributed by atoms with Crippen molar-refractivity contribution in [2.24, 2.45) is 0 Å². The third-order valence-corrected chi connectivity index (χ3v) is 12.6. The Morgan fingerprint density at radius 3 is 0.710 bits per heavy atom. The van der Waals surface area contributed by atoms with Crippen LogP contribution < -0.4 is 0 Å². The predicted octanol–water partition coefficient (Wildman–Crippen LogP) is 18.0. The van der Waals surface area contributed by atoms with Gasteiger partial charge in [0.05, 0.1) is 0 Å². The van der Waals surface area contributed by atoms with Crippen LogP contribution in [0.4, 0.5) is 0 Å². The Morgan fingerprint density at radius 2 is 0.403 bits per heavy atom. The van der Waals surface area contributed by atoms with E-state index in [1.807, 2.05) is 13.8 Å². The molecule has 12 aromatic carbocycles. The lowest BCUT2D eigenvalue weighted by Crippen LogP contribution is -1.92. The maximum absolute atomic E-state index is 2.39. The molecule has 0 saturated heterocycles. The van der Waals surface area contributed by atoms with Gasteiger partial charge >= 0.3 is 0 Å². The number of fused-ring (bicyclic) bond motifs is 6. The van der Waals surface area contributed by atoms with E-state index in [2.05, 4.69) is 231 Å². The Kier molecular flexibility index (Phi) is 9.40. The number of hydrogen-bond acceptors (Lipinski definition) is 0. The van der Waals surface area contributed by atoms with Crippen LogP contribution in [-0.4, -0.2) is 0 Å². The van der Waals surface area contributed by atoms with Gasteiger partial charge in [-0.2, -0.15) is 0 Å². The smallest absolute Gasteiger partial charge is 0.00262 e. The molecule has 0 heteroatoms. The minimum absolute atomic E-state index is 1.23. The molecule has 0 atom stereocenters. The molecule has 0 unspecified atom stereocenters. The first-order valence-electron chi connectivity index (χ1n) is 21.8. The molecule has 0 nitrogen and oxygen atoms in total. The molecule has 0 radical (unpaired) electrons. The zero-order chi connectivity index (χ0) is 41.6. The van der Waals surface area contributed by atoms with Crippen molar-refractivity contribution in [3.63, 3.8) is 0 Å². The van der Waals surface area contributed by atoms with Crippen LogP contribution in [0.25, 0.3) is 120 Å². The molecule has 292 valence electrons. The highest BCUT2D eigenvalue weighted by atomic mass is 14.2. The van der Waals surface area contributed by atoms with Gasteiger partial charge in [0.2, 0.25) is 0 Å². The van der Waals surface area contributed by atoms with Gasteiger partial charge in [-0.3, -0.25) is 0 Å². The van der Waals surface area contributed by atoms with Crippen LogP contribution in [0.1, 0.15) is 13.8 Å². The average Bonchev–Trinajstić information content (AvgIpc) is 3.35. The van der Waals surface area contributed by atoms with Crippen molar-refractivity contribution in [1.82, 2.24) is 0 Å². The Balaban J connectivity index is 0.00000213. The van der Waals surface area contributed by atoms with Gasteiger partial charge in [-0.15, -0.1) is 0 Å². The molecule has 0 fully saturated rings. The molecule has 0 bridgehead atoms. The van der Waals surface area contributed by atoms with E-state index >= 15 is 0 Å². The summed E-state index contributed by atoms with van der Waals surface area (Å²) in [4.78, 5) is 0. The van der Waals surface area contributed by atoms with Crippen molar-refractivity contribution in [1.29, 1.82) is 0 Å². The third-order valence-electron chi connectivity index (χ3n) is 12.6. The fraction of sp³-hybridized carbons (Fsp3) is 0.0323. The maximum atomic E-state index is 2.39. The molecule has 12 aromatic rings. The molecular formula is C62H44. The second-order valence-electron chi connectivity index (χ2n) is 16.0. The summed E-state index contributed by atoms with van der Waals surface area (Å²) in [6.07, 6.45) is 0. The van der Waals surface area contributed by atoms with Crippen molar-refractivity contribution in [3.05, 3.63) is 231 Å². The number of rotatable bonds is 5. The van der Waals surface area contributed by atoms with Crippen LogP contribution in [0.5, 0.6) is 0 Å². The normalized spacial score (nSPS) is 11.4. The summed E-state index contributed by atoms with van der Waals surface area (Å²) in [7, 11) is 0. The largest absolute Gasteiger partial charge is 0.0683 e. The van der Waals surface area contributed by atoms with Gasteiger partial charge in [0, 0.05) is 0 Å². The number of hydrogen-bond donors (Lipinski definition) is 0. The van der Waals surface area contributed by atoms with E-state index in [1.165, 1.54) is 120 Å². The first kappa shape index (κ1) is 37.2. The third kappa shape index (κ3) is 6.23. The highest BCUT2D eigenvalue weighted by Gasteiger charge is 2.19. The van der Waals surface area contributed by atoms with Gasteiger partial charge in [-0.1, -0.05) is 220 Å². The fourth-order valence-corrected chi connectivity index (χ4v) is 9.87. The topological polar surface area (TPSA) is 0 Å². The van der Waals surface area contributed by atoms with Crippen molar-refractivity contribution >= 4 is 64.6 Å². The molecule has 0 aliphatic rings. The van der Waals surface area contributed by atoms with Gasteiger partial charge < -0.3 is 0 Å². The summed E-state index contributed by atoms with van der Waals surface area (Å²) < 4.78 is 0. The molecular weight excluding hydrogens is 745 g/mol. The van der Waals surface area contributed by atoms with Crippen molar-refractivity contribution in [2.45, 2.75) is 13.8 Å². The van der Waals surface area contributed by atoms with Crippen LogP contribution in [0.15, 0.2) is 231 Å². The molecule has 0 aliphatic heterocycles. The highest BCUT2D eigenvalue weighted by molar-refractivity contribution is 6.23. The minimum atomic E-state index is 1.23. The molecule has 0 heterocycles. The summed E-state index contributed by atoms with van der Waals surface area (Å²) in [5, 5.41) is 15.1. The SMILES string of the molecule is CC.c1ccc(-c2ccc3cc(-c4c5ccccc5c(-c5ccc6cc(-c7c8ccccc8c(-c8ccccc8)c8ccccc78)ccc6c5)c5ccccc45)ccc3c2)cc1. The Hall–Kier alpha value is -7.80. The first-order valence-corrected chi connectivity index (χ1v) is 21.8. The van der Waals surface area contributed by atoms with E-state index in [0.29, 0.717) is 0 Å². The molecule has 0 aromatic heterocycles. The summed E-state index contributed by atoms with van der Waals surface area (Å²) in [6, 6.07) is 85.0. The van der Waals surface area contributed by atoms with Gasteiger partial charge in [0.15, 0.2) is 0 Å². The van der Waals surface area contributed by atoms with E-state index in [0.717, 1.165) is 0 Å². The van der Waals surface area contributed by atoms with Gasteiger partial charge in [-0.25, -0.2) is 0 Å². The zero-order valence-corrected chi connectivity index (χ0v) is 34.9. The van der Waals surface area contributed by atoms with Gasteiger partial charge in [0.25, 0.3) is 0 Å². The average molecular weight is 789 g/mol. The lowest BCUT2D eigenvalue weighted by molar-refractivity contribution is 1.50. The summed E-state index contributed by atoms with van der Waals surface area (Å²) in [5.74, 6) is 0. The standard InChI is InChI=1S/C60H38.C2H6/c1-3-15-39(16-4-1)41-27-28-43-36-46(32-29-42(43)35-41)59-53-23-11-13-25-55(53)60(56-26-14-12-24-54(56)59)48-34-31-44-37-47(33-30-45(44)38-48)58-51-21-9-7-19-49(51)57(40-17-5-2-6-18-40)50-20-8-10-22-52(50)58;1-2/h1-38H;1-2H3. The quantitative estimate of drug-likeness (QED) is 0.152. The molecule has 12 rings (SSSR count). The summed E-state index contributed by atoms with van der Waals surface area (Å²) >= 11 is 0. The van der Waals surface area contributed by atoms with Gasteiger partial charge in [-0.05, 0) is 145 Å². The zero-order valence-electron chi connectivity index (χ0n) is 34.9. The highest BCUT2D eigenvalue weighted by Crippen LogP contribution is 2.47. The van der Waals surface area contributed by atoms with Crippen molar-refractivity contribution in [3.8, 4) is 55.6 Å². The van der Waals surface area contributed by atoms with E-state index in [4.69, 9.17) is 0 Å². The van der Waals surface area contributed by atoms with Crippen LogP contribution in [0.3, 0.4) is 0 Å². The van der Waals surface area contributed by atoms with Crippen LogP contribution in [0.2, 0.25) is 0 Å². The Morgan fingerprint density at radius 1 is 0.177 bits per heavy atom. The lowest BCUT2D eigenvalue weighted by atomic mass is 9.84. The molecule has 0 N–H and O–H groups in total. The first-order chi connectivity index (χ1) is 30.8. The number of benzene rings is 12. The van der Waals surface area contributed by atoms with E-state index in [1.54, 1.807) is 0 Å². The minimum Gasteiger partial charge on any atom is -0.0683 e. The van der Waals surface area contributed by atoms with E-state index in [9.17, 15) is 0 Å². The van der Waals surface area contributed by atoms with Crippen LogP contribution >= 0.6 is 0 Å². The fourth-order valence-electron chi connectivity index (χ4n) is 9.87. The second-order valence-corrected chi connectivity index (χ2v) is 16.0. The summed E-state index contributed by atoms with van der Waals surface area (Å²) in [5.41, 5.74) is 12.5. The Bertz CT molecular complexity index is 3520. The van der Waals surface area contributed by atoms with Crippen LogP contribution in [-0.2, 0) is 0 Å².